The Kier molecular flexibility index (Phi) is 6.96. The SMILES string of the molecule is COCCCN1C(=O)NC(c2ccc(OC)cc2)C(c2nc(-c3ccc(Cl)cc3)no2)=C1C. The molecular formula is C24H25ClN4O4. The standard InChI is InChI=1S/C24H25ClN4O4/c1-15-20(23-27-22(28-33-23)17-5-9-18(25)10-6-17)21(16-7-11-19(32-3)12-8-16)26-24(30)29(15)13-4-14-31-2/h5-12,21H,4,13-14H2,1-3H3,(H,26,30). The molecular weight excluding hydrogens is 444 g/mol. The number of halogens is 1. The van der Waals surface area contributed by atoms with Crippen molar-refractivity contribution in [3.05, 3.63) is 70.7 Å². The third kappa shape index (κ3) is 4.86. The van der Waals surface area contributed by atoms with Gasteiger partial charge in [-0.05, 0) is 55.3 Å². The second-order valence-electron chi connectivity index (χ2n) is 7.58. The number of hydrogen-bond donors (Lipinski definition) is 1. The van der Waals surface area contributed by atoms with Crippen molar-refractivity contribution in [3.8, 4) is 17.1 Å². The van der Waals surface area contributed by atoms with Crippen LogP contribution in [0.1, 0.15) is 30.8 Å². The molecule has 0 saturated heterocycles. The molecule has 0 bridgehead atoms. The molecule has 1 aliphatic heterocycles. The average molecular weight is 469 g/mol. The van der Waals surface area contributed by atoms with Crippen LogP contribution >= 0.6 is 11.6 Å². The van der Waals surface area contributed by atoms with E-state index in [0.29, 0.717) is 36.3 Å². The van der Waals surface area contributed by atoms with Crippen molar-refractivity contribution in [2.75, 3.05) is 27.4 Å². The number of ether oxygens (including phenoxy) is 2. The van der Waals surface area contributed by atoms with E-state index in [1.54, 1.807) is 31.3 Å². The van der Waals surface area contributed by atoms with Crippen LogP contribution in [0.15, 0.2) is 58.8 Å². The van der Waals surface area contributed by atoms with E-state index in [2.05, 4.69) is 15.5 Å². The molecule has 0 aliphatic carbocycles. The summed E-state index contributed by atoms with van der Waals surface area (Å²) in [6, 6.07) is 14.1. The highest BCUT2D eigenvalue weighted by molar-refractivity contribution is 6.30. The topological polar surface area (TPSA) is 89.7 Å². The molecule has 1 atom stereocenters. The Morgan fingerprint density at radius 1 is 1.12 bits per heavy atom. The molecule has 1 aliphatic rings. The maximum Gasteiger partial charge on any atom is 0.322 e. The maximum absolute atomic E-state index is 13.0. The first-order chi connectivity index (χ1) is 16.0. The quantitative estimate of drug-likeness (QED) is 0.471. The van der Waals surface area contributed by atoms with Gasteiger partial charge < -0.3 is 19.3 Å². The van der Waals surface area contributed by atoms with Gasteiger partial charge >= 0.3 is 6.03 Å². The van der Waals surface area contributed by atoms with Crippen LogP contribution in [0, 0.1) is 0 Å². The van der Waals surface area contributed by atoms with Crippen molar-refractivity contribution >= 4 is 23.2 Å². The number of nitrogens with zero attached hydrogens (tertiary/aromatic N) is 3. The largest absolute Gasteiger partial charge is 0.497 e. The lowest BCUT2D eigenvalue weighted by Crippen LogP contribution is -2.46. The fourth-order valence-corrected chi connectivity index (χ4v) is 3.92. The number of allylic oxidation sites excluding steroid dienone is 1. The van der Waals surface area contributed by atoms with Gasteiger partial charge in [0.2, 0.25) is 5.82 Å². The molecule has 1 aromatic heterocycles. The van der Waals surface area contributed by atoms with E-state index in [1.807, 2.05) is 43.3 Å². The van der Waals surface area contributed by atoms with Gasteiger partial charge in [0.25, 0.3) is 5.89 Å². The van der Waals surface area contributed by atoms with Gasteiger partial charge in [0.1, 0.15) is 5.75 Å². The molecule has 0 saturated carbocycles. The molecule has 172 valence electrons. The fourth-order valence-electron chi connectivity index (χ4n) is 3.79. The van der Waals surface area contributed by atoms with Crippen molar-refractivity contribution < 1.29 is 18.8 Å². The first-order valence-electron chi connectivity index (χ1n) is 10.5. The van der Waals surface area contributed by atoms with Gasteiger partial charge in [-0.2, -0.15) is 4.98 Å². The summed E-state index contributed by atoms with van der Waals surface area (Å²) in [4.78, 5) is 19.3. The average Bonchev–Trinajstić information content (AvgIpc) is 3.31. The van der Waals surface area contributed by atoms with Crippen LogP contribution in [0.4, 0.5) is 4.79 Å². The van der Waals surface area contributed by atoms with Crippen molar-refractivity contribution in [2.24, 2.45) is 0 Å². The van der Waals surface area contributed by atoms with Crippen LogP contribution in [0.25, 0.3) is 17.0 Å². The van der Waals surface area contributed by atoms with Crippen molar-refractivity contribution in [2.45, 2.75) is 19.4 Å². The summed E-state index contributed by atoms with van der Waals surface area (Å²) in [6.45, 7) is 2.95. The zero-order valence-electron chi connectivity index (χ0n) is 18.7. The predicted molar refractivity (Wildman–Crippen MR) is 125 cm³/mol. The number of carbonyl (C=O) groups is 1. The van der Waals surface area contributed by atoms with Crippen molar-refractivity contribution in [1.29, 1.82) is 0 Å². The lowest BCUT2D eigenvalue weighted by molar-refractivity contribution is 0.174. The van der Waals surface area contributed by atoms with E-state index in [-0.39, 0.29) is 6.03 Å². The summed E-state index contributed by atoms with van der Waals surface area (Å²) in [5, 5.41) is 7.88. The number of aromatic nitrogens is 2. The van der Waals surface area contributed by atoms with E-state index < -0.39 is 6.04 Å². The zero-order valence-corrected chi connectivity index (χ0v) is 19.4. The second-order valence-corrected chi connectivity index (χ2v) is 8.02. The van der Waals surface area contributed by atoms with Crippen LogP contribution in [-0.2, 0) is 4.74 Å². The second kappa shape index (κ2) is 10.1. The van der Waals surface area contributed by atoms with Crippen molar-refractivity contribution in [1.82, 2.24) is 20.4 Å². The first-order valence-corrected chi connectivity index (χ1v) is 10.9. The van der Waals surface area contributed by atoms with E-state index in [9.17, 15) is 4.79 Å². The zero-order chi connectivity index (χ0) is 23.4. The molecule has 3 aromatic rings. The highest BCUT2D eigenvalue weighted by Gasteiger charge is 2.35. The van der Waals surface area contributed by atoms with E-state index in [1.165, 1.54) is 0 Å². The predicted octanol–water partition coefficient (Wildman–Crippen LogP) is 4.93. The Labute approximate surface area is 197 Å². The Morgan fingerprint density at radius 2 is 1.85 bits per heavy atom. The van der Waals surface area contributed by atoms with Gasteiger partial charge in [-0.25, -0.2) is 4.79 Å². The maximum atomic E-state index is 13.0. The van der Waals surface area contributed by atoms with E-state index >= 15 is 0 Å². The number of rotatable bonds is 8. The van der Waals surface area contributed by atoms with Gasteiger partial charge in [-0.1, -0.05) is 28.9 Å². The Hall–Kier alpha value is -3.36. The smallest absolute Gasteiger partial charge is 0.322 e. The lowest BCUT2D eigenvalue weighted by atomic mass is 9.94. The molecule has 0 radical (unpaired) electrons. The lowest BCUT2D eigenvalue weighted by Gasteiger charge is -2.35. The summed E-state index contributed by atoms with van der Waals surface area (Å²) in [7, 11) is 3.25. The number of methoxy groups -OCH3 is 2. The first kappa shape index (κ1) is 22.8. The monoisotopic (exact) mass is 468 g/mol. The molecule has 2 amide bonds. The Bertz CT molecular complexity index is 1140. The van der Waals surface area contributed by atoms with Crippen LogP contribution in [-0.4, -0.2) is 48.4 Å². The summed E-state index contributed by atoms with van der Waals surface area (Å²) in [6.07, 6.45) is 0.696. The Morgan fingerprint density at radius 3 is 2.52 bits per heavy atom. The number of urea groups is 1. The van der Waals surface area contributed by atoms with Crippen LogP contribution in [0.5, 0.6) is 5.75 Å². The number of carbonyl (C=O) groups excluding carboxylic acids is 1. The highest BCUT2D eigenvalue weighted by atomic mass is 35.5. The molecule has 2 aromatic carbocycles. The van der Waals surface area contributed by atoms with Gasteiger partial charge in [-0.3, -0.25) is 4.90 Å². The van der Waals surface area contributed by atoms with E-state index in [4.69, 9.17) is 25.6 Å². The number of amides is 2. The summed E-state index contributed by atoms with van der Waals surface area (Å²) < 4.78 is 16.1. The molecule has 8 nitrogen and oxygen atoms in total. The Balaban J connectivity index is 1.75. The van der Waals surface area contributed by atoms with Gasteiger partial charge in [-0.15, -0.1) is 0 Å². The number of benzene rings is 2. The van der Waals surface area contributed by atoms with Crippen molar-refractivity contribution in [3.63, 3.8) is 0 Å². The molecule has 0 fully saturated rings. The fraction of sp³-hybridized carbons (Fsp3) is 0.292. The highest BCUT2D eigenvalue weighted by Crippen LogP contribution is 2.37. The van der Waals surface area contributed by atoms with Gasteiger partial charge in [0.05, 0.1) is 18.7 Å². The van der Waals surface area contributed by atoms with Crippen LogP contribution in [0.3, 0.4) is 0 Å². The van der Waals surface area contributed by atoms with Gasteiger partial charge in [0, 0.05) is 36.5 Å². The molecule has 2 heterocycles. The van der Waals surface area contributed by atoms with E-state index in [0.717, 1.165) is 28.1 Å². The third-order valence-electron chi connectivity index (χ3n) is 5.53. The summed E-state index contributed by atoms with van der Waals surface area (Å²) >= 11 is 6.00. The molecule has 4 rings (SSSR count). The minimum atomic E-state index is -0.458. The minimum absolute atomic E-state index is 0.189. The minimum Gasteiger partial charge on any atom is -0.497 e. The summed E-state index contributed by atoms with van der Waals surface area (Å²) in [5.74, 6) is 1.51. The van der Waals surface area contributed by atoms with Crippen LogP contribution < -0.4 is 10.1 Å². The summed E-state index contributed by atoms with van der Waals surface area (Å²) in [5.41, 5.74) is 3.15. The van der Waals surface area contributed by atoms with Crippen LogP contribution in [0.2, 0.25) is 5.02 Å². The number of hydrogen-bond acceptors (Lipinski definition) is 6. The van der Waals surface area contributed by atoms with Gasteiger partial charge in [0.15, 0.2) is 0 Å². The molecule has 1 N–H and O–H groups in total. The molecule has 9 heteroatoms. The third-order valence-corrected chi connectivity index (χ3v) is 5.79. The molecule has 0 spiro atoms. The molecule has 1 unspecified atom stereocenters. The normalized spacial score (nSPS) is 16.2. The molecule has 33 heavy (non-hydrogen) atoms. The number of nitrogens with one attached hydrogen (secondary N) is 1.